The fourth-order valence-corrected chi connectivity index (χ4v) is 2.03. The van der Waals surface area contributed by atoms with E-state index in [1.54, 1.807) is 0 Å². The van der Waals surface area contributed by atoms with Crippen LogP contribution in [0.1, 0.15) is 15.9 Å². The molecule has 0 saturated heterocycles. The van der Waals surface area contributed by atoms with Gasteiger partial charge < -0.3 is 0 Å². The Labute approximate surface area is 119 Å². The van der Waals surface area contributed by atoms with Crippen molar-refractivity contribution in [1.29, 1.82) is 0 Å². The maximum Gasteiger partial charge on any atom is 0.454 e. The van der Waals surface area contributed by atoms with Crippen LogP contribution in [0.4, 0.5) is 17.6 Å². The van der Waals surface area contributed by atoms with Gasteiger partial charge in [-0.25, -0.2) is 4.39 Å². The monoisotopic (exact) mass is 350 g/mol. The molecule has 1 aromatic carbocycles. The zero-order valence-electron chi connectivity index (χ0n) is 9.79. The Hall–Kier alpha value is -1.70. The van der Waals surface area contributed by atoms with Crippen molar-refractivity contribution in [2.75, 3.05) is 0 Å². The van der Waals surface area contributed by atoms with Crippen molar-refractivity contribution in [2.45, 2.75) is 12.7 Å². The van der Waals surface area contributed by atoms with Gasteiger partial charge in [0.2, 0.25) is 0 Å². The van der Waals surface area contributed by atoms with Crippen LogP contribution in [0.5, 0.6) is 0 Å². The van der Waals surface area contributed by atoms with Gasteiger partial charge in [0.25, 0.3) is 5.78 Å². The molecule has 0 unspecified atom stereocenters. The third-order valence-corrected chi connectivity index (χ3v) is 3.24. The van der Waals surface area contributed by atoms with Crippen molar-refractivity contribution in [1.82, 2.24) is 9.78 Å². The highest BCUT2D eigenvalue weighted by Crippen LogP contribution is 2.22. The predicted octanol–water partition coefficient (Wildman–Crippen LogP) is 3.58. The van der Waals surface area contributed by atoms with E-state index in [0.29, 0.717) is 10.0 Å². The quantitative estimate of drug-likeness (QED) is 0.626. The molecule has 2 rings (SSSR count). The smallest absolute Gasteiger partial charge is 0.284 e. The second kappa shape index (κ2) is 5.35. The van der Waals surface area contributed by atoms with Crippen LogP contribution in [-0.4, -0.2) is 21.7 Å². The molecule has 0 bridgehead atoms. The van der Waals surface area contributed by atoms with Crippen LogP contribution in [-0.2, 0) is 6.54 Å². The van der Waals surface area contributed by atoms with Crippen LogP contribution in [0.25, 0.3) is 0 Å². The third-order valence-electron chi connectivity index (χ3n) is 2.50. The number of alkyl halides is 3. The van der Waals surface area contributed by atoms with Crippen LogP contribution in [0, 0.1) is 5.82 Å². The summed E-state index contributed by atoms with van der Waals surface area (Å²) < 4.78 is 51.3. The lowest BCUT2D eigenvalue weighted by Gasteiger charge is -2.05. The minimum absolute atomic E-state index is 0.117. The number of rotatable bonds is 3. The summed E-state index contributed by atoms with van der Waals surface area (Å²) in [6, 6.07) is 3.94. The summed E-state index contributed by atoms with van der Waals surface area (Å²) in [5, 5.41) is 3.69. The number of hydrogen-bond acceptors (Lipinski definition) is 2. The Balaban J connectivity index is 2.20. The Kier molecular flexibility index (Phi) is 3.94. The maximum absolute atomic E-state index is 12.9. The average molecular weight is 351 g/mol. The average Bonchev–Trinajstić information content (AvgIpc) is 2.79. The highest BCUT2D eigenvalue weighted by Gasteiger charge is 2.39. The minimum atomic E-state index is -4.93. The van der Waals surface area contributed by atoms with Gasteiger partial charge in [0, 0.05) is 10.7 Å². The molecule has 8 heteroatoms. The lowest BCUT2D eigenvalue weighted by Crippen LogP contribution is -2.22. The Bertz CT molecular complexity index is 651. The van der Waals surface area contributed by atoms with E-state index < -0.39 is 23.3 Å². The summed E-state index contributed by atoms with van der Waals surface area (Å²) in [6.07, 6.45) is -3.07. The van der Waals surface area contributed by atoms with Crippen LogP contribution in [0.2, 0.25) is 0 Å². The maximum atomic E-state index is 12.9. The number of benzene rings is 1. The van der Waals surface area contributed by atoms with Crippen molar-refractivity contribution in [3.05, 3.63) is 52.0 Å². The summed E-state index contributed by atoms with van der Waals surface area (Å²) in [7, 11) is 0. The molecular formula is C12H7BrF4N2O. The molecule has 0 fully saturated rings. The summed E-state index contributed by atoms with van der Waals surface area (Å²) >= 11 is 3.14. The van der Waals surface area contributed by atoms with Gasteiger partial charge in [-0.3, -0.25) is 9.48 Å². The molecule has 3 nitrogen and oxygen atoms in total. The second-order valence-electron chi connectivity index (χ2n) is 3.99. The number of halogens is 5. The van der Waals surface area contributed by atoms with Crippen molar-refractivity contribution in [3.8, 4) is 0 Å². The number of hydrogen-bond donors (Lipinski definition) is 0. The van der Waals surface area contributed by atoms with Gasteiger partial charge in [-0.15, -0.1) is 0 Å². The topological polar surface area (TPSA) is 34.9 Å². The molecule has 0 aliphatic carbocycles. The SMILES string of the molecule is O=C(c1cnn(Cc2ccc(F)cc2Br)c1)C(F)(F)F. The van der Waals surface area contributed by atoms with Crippen molar-refractivity contribution in [3.63, 3.8) is 0 Å². The van der Waals surface area contributed by atoms with Crippen LogP contribution < -0.4 is 0 Å². The molecule has 1 heterocycles. The first-order chi connectivity index (χ1) is 9.27. The summed E-state index contributed by atoms with van der Waals surface area (Å²) in [5.74, 6) is -2.38. The first-order valence-electron chi connectivity index (χ1n) is 5.35. The lowest BCUT2D eigenvalue weighted by molar-refractivity contribution is -0.0885. The normalized spacial score (nSPS) is 11.7. The molecule has 0 aliphatic heterocycles. The molecular weight excluding hydrogens is 344 g/mol. The standard InChI is InChI=1S/C12H7BrF4N2O/c13-10-3-9(14)2-1-7(10)5-19-6-8(4-18-19)11(20)12(15,16)17/h1-4,6H,5H2. The highest BCUT2D eigenvalue weighted by atomic mass is 79.9. The molecule has 106 valence electrons. The summed E-state index contributed by atoms with van der Waals surface area (Å²) in [4.78, 5) is 11.0. The summed E-state index contributed by atoms with van der Waals surface area (Å²) in [5.41, 5.74) is 0.0937. The van der Waals surface area contributed by atoms with E-state index in [-0.39, 0.29) is 6.54 Å². The fourth-order valence-electron chi connectivity index (χ4n) is 1.56. The second-order valence-corrected chi connectivity index (χ2v) is 4.84. The highest BCUT2D eigenvalue weighted by molar-refractivity contribution is 9.10. The first kappa shape index (κ1) is 14.7. The van der Waals surface area contributed by atoms with Crippen molar-refractivity contribution in [2.24, 2.45) is 0 Å². The van der Waals surface area contributed by atoms with Crippen molar-refractivity contribution >= 4 is 21.7 Å². The summed E-state index contributed by atoms with van der Waals surface area (Å²) in [6.45, 7) is 0.117. The lowest BCUT2D eigenvalue weighted by atomic mass is 10.2. The molecule has 0 aliphatic rings. The van der Waals surface area contributed by atoms with E-state index in [1.807, 2.05) is 0 Å². The van der Waals surface area contributed by atoms with Crippen molar-refractivity contribution < 1.29 is 22.4 Å². The molecule has 0 atom stereocenters. The molecule has 0 radical (unpaired) electrons. The van der Waals surface area contributed by atoms with Crippen LogP contribution in [0.3, 0.4) is 0 Å². The van der Waals surface area contributed by atoms with E-state index in [1.165, 1.54) is 22.9 Å². The van der Waals surface area contributed by atoms with E-state index in [0.717, 1.165) is 12.4 Å². The Morgan fingerprint density at radius 2 is 2.05 bits per heavy atom. The van der Waals surface area contributed by atoms with E-state index >= 15 is 0 Å². The van der Waals surface area contributed by atoms with Gasteiger partial charge in [0.15, 0.2) is 0 Å². The van der Waals surface area contributed by atoms with Gasteiger partial charge in [0.05, 0.1) is 18.3 Å². The number of Topliss-reactive ketones (excluding diaryl/α,β-unsaturated/α-hetero) is 1. The molecule has 20 heavy (non-hydrogen) atoms. The van der Waals surface area contributed by atoms with Crippen LogP contribution >= 0.6 is 15.9 Å². The molecule has 2 aromatic rings. The number of carbonyl (C=O) groups excluding carboxylic acids is 1. The largest absolute Gasteiger partial charge is 0.454 e. The Morgan fingerprint density at radius 3 is 2.65 bits per heavy atom. The Morgan fingerprint density at radius 1 is 1.35 bits per heavy atom. The van der Waals surface area contributed by atoms with E-state index in [4.69, 9.17) is 0 Å². The third kappa shape index (κ3) is 3.24. The van der Waals surface area contributed by atoms with Gasteiger partial charge in [-0.05, 0) is 17.7 Å². The number of ketones is 1. The van der Waals surface area contributed by atoms with Gasteiger partial charge in [-0.1, -0.05) is 22.0 Å². The molecule has 0 spiro atoms. The van der Waals surface area contributed by atoms with Crippen LogP contribution in [0.15, 0.2) is 35.1 Å². The predicted molar refractivity (Wildman–Crippen MR) is 65.8 cm³/mol. The molecule has 1 aromatic heterocycles. The van der Waals surface area contributed by atoms with E-state index in [9.17, 15) is 22.4 Å². The number of nitrogens with zero attached hydrogens (tertiary/aromatic N) is 2. The fraction of sp³-hybridized carbons (Fsp3) is 0.167. The van der Waals surface area contributed by atoms with Gasteiger partial charge >= 0.3 is 6.18 Å². The zero-order valence-corrected chi connectivity index (χ0v) is 11.4. The van der Waals surface area contributed by atoms with Gasteiger partial charge in [0.1, 0.15) is 5.82 Å². The minimum Gasteiger partial charge on any atom is -0.284 e. The molecule has 0 N–H and O–H groups in total. The molecule has 0 saturated carbocycles. The molecule has 0 amide bonds. The first-order valence-corrected chi connectivity index (χ1v) is 6.14. The van der Waals surface area contributed by atoms with Gasteiger partial charge in [-0.2, -0.15) is 18.3 Å². The zero-order chi connectivity index (χ0) is 14.9. The number of aromatic nitrogens is 2. The number of carbonyl (C=O) groups is 1. The van der Waals surface area contributed by atoms with E-state index in [2.05, 4.69) is 21.0 Å².